The molecule has 0 fully saturated rings. The zero-order chi connectivity index (χ0) is 22.9. The van der Waals surface area contributed by atoms with E-state index >= 15 is 0 Å². The van der Waals surface area contributed by atoms with Crippen LogP contribution < -0.4 is 9.47 Å². The number of esters is 1. The normalized spacial score (nSPS) is 12.4. The SMILES string of the molecule is CCOc1ccccc1O[C@H](c1ccccc1)[C@H](O)COC(=O)c1ccc([N+](=O)[O-])cc1. The average Bonchev–Trinajstić information content (AvgIpc) is 2.82. The lowest BCUT2D eigenvalue weighted by molar-refractivity contribution is -0.384. The molecule has 3 rings (SSSR count). The van der Waals surface area contributed by atoms with Crippen molar-refractivity contribution in [3.05, 3.63) is 100 Å². The van der Waals surface area contributed by atoms with E-state index in [9.17, 15) is 20.0 Å². The number of nitrogens with zero attached hydrogens (tertiary/aromatic N) is 1. The van der Waals surface area contributed by atoms with Gasteiger partial charge in [-0.05, 0) is 36.8 Å². The highest BCUT2D eigenvalue weighted by atomic mass is 16.6. The van der Waals surface area contributed by atoms with Crippen LogP contribution in [-0.2, 0) is 4.74 Å². The Labute approximate surface area is 185 Å². The van der Waals surface area contributed by atoms with Crippen molar-refractivity contribution in [1.29, 1.82) is 0 Å². The predicted molar refractivity (Wildman–Crippen MR) is 117 cm³/mol. The number of hydrogen-bond donors (Lipinski definition) is 1. The number of para-hydroxylation sites is 2. The zero-order valence-corrected chi connectivity index (χ0v) is 17.4. The van der Waals surface area contributed by atoms with Crippen LogP contribution in [0, 0.1) is 10.1 Å². The Morgan fingerprint density at radius 3 is 2.22 bits per heavy atom. The second-order valence-corrected chi connectivity index (χ2v) is 6.80. The summed E-state index contributed by atoms with van der Waals surface area (Å²) in [7, 11) is 0. The fraction of sp³-hybridized carbons (Fsp3) is 0.208. The fourth-order valence-electron chi connectivity index (χ4n) is 3.02. The van der Waals surface area contributed by atoms with Gasteiger partial charge in [0.15, 0.2) is 17.6 Å². The van der Waals surface area contributed by atoms with E-state index in [1.807, 2.05) is 31.2 Å². The van der Waals surface area contributed by atoms with E-state index in [2.05, 4.69) is 0 Å². The van der Waals surface area contributed by atoms with E-state index in [4.69, 9.17) is 14.2 Å². The number of hydrogen-bond acceptors (Lipinski definition) is 7. The Morgan fingerprint density at radius 2 is 1.59 bits per heavy atom. The molecule has 2 atom stereocenters. The molecule has 32 heavy (non-hydrogen) atoms. The zero-order valence-electron chi connectivity index (χ0n) is 17.4. The summed E-state index contributed by atoms with van der Waals surface area (Å²) in [5, 5.41) is 21.6. The van der Waals surface area contributed by atoms with Crippen molar-refractivity contribution < 1.29 is 29.0 Å². The molecule has 0 unspecified atom stereocenters. The molecule has 0 radical (unpaired) electrons. The number of nitro benzene ring substituents is 1. The maximum Gasteiger partial charge on any atom is 0.338 e. The fourth-order valence-corrected chi connectivity index (χ4v) is 3.02. The van der Waals surface area contributed by atoms with Crippen molar-refractivity contribution in [1.82, 2.24) is 0 Å². The van der Waals surface area contributed by atoms with Crippen LogP contribution in [0.3, 0.4) is 0 Å². The lowest BCUT2D eigenvalue weighted by atomic mass is 10.0. The number of carbonyl (C=O) groups is 1. The summed E-state index contributed by atoms with van der Waals surface area (Å²) in [6.45, 7) is 1.97. The van der Waals surface area contributed by atoms with Crippen molar-refractivity contribution in [2.45, 2.75) is 19.1 Å². The van der Waals surface area contributed by atoms with Gasteiger partial charge in [0.05, 0.1) is 17.1 Å². The number of non-ortho nitro benzene ring substituents is 1. The molecule has 0 heterocycles. The first-order valence-electron chi connectivity index (χ1n) is 10.0. The molecule has 3 aromatic carbocycles. The van der Waals surface area contributed by atoms with Gasteiger partial charge in [-0.2, -0.15) is 0 Å². The standard InChI is InChI=1S/C24H23NO7/c1-2-30-21-10-6-7-11-22(21)32-23(17-8-4-3-5-9-17)20(26)16-31-24(27)18-12-14-19(15-13-18)25(28)29/h3-15,20,23,26H,2,16H2,1H3/t20-,23-/m1/s1. The van der Waals surface area contributed by atoms with Crippen LogP contribution in [0.25, 0.3) is 0 Å². The molecule has 0 aliphatic rings. The summed E-state index contributed by atoms with van der Waals surface area (Å²) in [6, 6.07) is 21.2. The Hall–Kier alpha value is -3.91. The monoisotopic (exact) mass is 437 g/mol. The van der Waals surface area contributed by atoms with Crippen LogP contribution in [0.5, 0.6) is 11.5 Å². The highest BCUT2D eigenvalue weighted by molar-refractivity contribution is 5.89. The van der Waals surface area contributed by atoms with Gasteiger partial charge in [-0.1, -0.05) is 42.5 Å². The minimum absolute atomic E-state index is 0.132. The summed E-state index contributed by atoms with van der Waals surface area (Å²) < 4.78 is 16.9. The molecule has 0 amide bonds. The van der Waals surface area contributed by atoms with Crippen LogP contribution in [0.15, 0.2) is 78.9 Å². The van der Waals surface area contributed by atoms with Crippen molar-refractivity contribution in [3.63, 3.8) is 0 Å². The molecule has 0 spiro atoms. The number of aliphatic hydroxyl groups excluding tert-OH is 1. The molecule has 3 aromatic rings. The van der Waals surface area contributed by atoms with Crippen molar-refractivity contribution in [2.24, 2.45) is 0 Å². The molecule has 1 N–H and O–H groups in total. The second kappa shape index (κ2) is 10.9. The maximum atomic E-state index is 12.3. The first kappa shape index (κ1) is 22.8. The van der Waals surface area contributed by atoms with Crippen LogP contribution in [0.2, 0.25) is 0 Å². The van der Waals surface area contributed by atoms with Gasteiger partial charge in [0.1, 0.15) is 12.7 Å². The first-order chi connectivity index (χ1) is 15.5. The maximum absolute atomic E-state index is 12.3. The molecule has 0 saturated carbocycles. The Balaban J connectivity index is 1.74. The van der Waals surface area contributed by atoms with Gasteiger partial charge in [0.25, 0.3) is 5.69 Å². The van der Waals surface area contributed by atoms with E-state index in [1.54, 1.807) is 30.3 Å². The van der Waals surface area contributed by atoms with Crippen LogP contribution in [0.1, 0.15) is 28.9 Å². The van der Waals surface area contributed by atoms with E-state index in [0.29, 0.717) is 23.7 Å². The highest BCUT2D eigenvalue weighted by Gasteiger charge is 2.26. The summed E-state index contributed by atoms with van der Waals surface area (Å²) in [5.74, 6) is 0.274. The van der Waals surface area contributed by atoms with E-state index < -0.39 is 23.1 Å². The molecule has 0 saturated heterocycles. The van der Waals surface area contributed by atoms with E-state index in [1.165, 1.54) is 24.3 Å². The van der Waals surface area contributed by atoms with Crippen LogP contribution in [-0.4, -0.2) is 35.3 Å². The minimum atomic E-state index is -1.19. The van der Waals surface area contributed by atoms with Gasteiger partial charge >= 0.3 is 5.97 Å². The Morgan fingerprint density at radius 1 is 0.969 bits per heavy atom. The summed E-state index contributed by atoms with van der Waals surface area (Å²) >= 11 is 0. The molecule has 0 aliphatic heterocycles. The van der Waals surface area contributed by atoms with Gasteiger partial charge < -0.3 is 19.3 Å². The average molecular weight is 437 g/mol. The van der Waals surface area contributed by atoms with Gasteiger partial charge in [-0.3, -0.25) is 10.1 Å². The number of benzene rings is 3. The molecule has 0 aromatic heterocycles. The molecular formula is C24H23NO7. The summed E-state index contributed by atoms with van der Waals surface area (Å²) in [6.07, 6.45) is -2.02. The van der Waals surface area contributed by atoms with E-state index in [0.717, 1.165) is 0 Å². The third-order valence-electron chi connectivity index (χ3n) is 4.58. The third kappa shape index (κ3) is 5.83. The van der Waals surface area contributed by atoms with Gasteiger partial charge in [0.2, 0.25) is 0 Å². The molecule has 8 heteroatoms. The summed E-state index contributed by atoms with van der Waals surface area (Å²) in [4.78, 5) is 22.5. The van der Waals surface area contributed by atoms with Crippen LogP contribution in [0.4, 0.5) is 5.69 Å². The number of ether oxygens (including phenoxy) is 3. The Bertz CT molecular complexity index is 1040. The van der Waals surface area contributed by atoms with Gasteiger partial charge in [-0.25, -0.2) is 4.79 Å². The quantitative estimate of drug-likeness (QED) is 0.286. The highest BCUT2D eigenvalue weighted by Crippen LogP contribution is 2.32. The van der Waals surface area contributed by atoms with Crippen LogP contribution >= 0.6 is 0 Å². The molecular weight excluding hydrogens is 414 g/mol. The van der Waals surface area contributed by atoms with Crippen molar-refractivity contribution >= 4 is 11.7 Å². The number of carbonyl (C=O) groups excluding carboxylic acids is 1. The topological polar surface area (TPSA) is 108 Å². The van der Waals surface area contributed by atoms with Gasteiger partial charge in [-0.15, -0.1) is 0 Å². The molecule has 0 bridgehead atoms. The predicted octanol–water partition coefficient (Wildman–Crippen LogP) is 4.33. The molecule has 166 valence electrons. The van der Waals surface area contributed by atoms with Crippen molar-refractivity contribution in [3.8, 4) is 11.5 Å². The lowest BCUT2D eigenvalue weighted by Gasteiger charge is -2.25. The number of nitro groups is 1. The smallest absolute Gasteiger partial charge is 0.338 e. The summed E-state index contributed by atoms with van der Waals surface area (Å²) in [5.41, 5.74) is 0.700. The third-order valence-corrected chi connectivity index (χ3v) is 4.58. The Kier molecular flexibility index (Phi) is 7.77. The lowest BCUT2D eigenvalue weighted by Crippen LogP contribution is -2.29. The van der Waals surface area contributed by atoms with Gasteiger partial charge in [0, 0.05) is 12.1 Å². The first-order valence-corrected chi connectivity index (χ1v) is 10.0. The van der Waals surface area contributed by atoms with Crippen molar-refractivity contribution in [2.75, 3.05) is 13.2 Å². The number of aliphatic hydroxyl groups is 1. The van der Waals surface area contributed by atoms with E-state index in [-0.39, 0.29) is 17.9 Å². The molecule has 0 aliphatic carbocycles. The largest absolute Gasteiger partial charge is 0.490 e. The molecule has 8 nitrogen and oxygen atoms in total. The minimum Gasteiger partial charge on any atom is -0.490 e. The second-order valence-electron chi connectivity index (χ2n) is 6.80. The number of rotatable bonds is 10.